The molecule has 0 unspecified atom stereocenters. The summed E-state index contributed by atoms with van der Waals surface area (Å²) in [6, 6.07) is 10.2. The molecule has 1 aromatic heterocycles. The van der Waals surface area contributed by atoms with Crippen molar-refractivity contribution in [2.75, 3.05) is 0 Å². The molecule has 1 amide bonds. The summed E-state index contributed by atoms with van der Waals surface area (Å²) in [5, 5.41) is 3.04. The summed E-state index contributed by atoms with van der Waals surface area (Å²) in [5.74, 6) is -0.219. The molecule has 6 rings (SSSR count). The summed E-state index contributed by atoms with van der Waals surface area (Å²) >= 11 is 0. The third-order valence-electron chi connectivity index (χ3n) is 8.42. The van der Waals surface area contributed by atoms with E-state index in [0.717, 1.165) is 42.5 Å². The van der Waals surface area contributed by atoms with Crippen molar-refractivity contribution in [2.24, 2.45) is 17.8 Å². The van der Waals surface area contributed by atoms with E-state index in [-0.39, 0.29) is 11.7 Å². The van der Waals surface area contributed by atoms with Crippen LogP contribution in [-0.2, 0) is 14.3 Å². The summed E-state index contributed by atoms with van der Waals surface area (Å²) in [5.41, 5.74) is 0.163. The zero-order valence-electron chi connectivity index (χ0n) is 19.0. The highest BCUT2D eigenvalue weighted by Gasteiger charge is 2.79. The number of esters is 1. The lowest BCUT2D eigenvalue weighted by Gasteiger charge is -2.53. The highest BCUT2D eigenvalue weighted by atomic mass is 19.1. The number of pyridine rings is 1. The molecule has 7 heteroatoms. The van der Waals surface area contributed by atoms with Gasteiger partial charge in [0.25, 0.3) is 0 Å². The van der Waals surface area contributed by atoms with Crippen LogP contribution in [0, 0.1) is 23.6 Å². The van der Waals surface area contributed by atoms with Crippen LogP contribution in [0.5, 0.6) is 0 Å². The average Bonchev–Trinajstić information content (AvgIpc) is 3.25. The van der Waals surface area contributed by atoms with Crippen molar-refractivity contribution in [3.8, 4) is 11.1 Å². The molecular formula is C27H27FN2O4. The molecule has 2 saturated carbocycles. The molecule has 3 heterocycles. The number of fused-ring (bicyclic) bond motifs is 1. The molecule has 6 atom stereocenters. The number of hydrogen-bond acceptors (Lipinski definition) is 5. The Morgan fingerprint density at radius 1 is 1.15 bits per heavy atom. The zero-order valence-corrected chi connectivity index (χ0v) is 19.0. The van der Waals surface area contributed by atoms with E-state index in [1.807, 2.05) is 31.2 Å². The van der Waals surface area contributed by atoms with E-state index in [2.05, 4.69) is 16.4 Å². The van der Waals surface area contributed by atoms with Crippen molar-refractivity contribution < 1.29 is 23.5 Å². The smallest absolute Gasteiger partial charge is 0.409 e. The van der Waals surface area contributed by atoms with Gasteiger partial charge in [0.2, 0.25) is 5.60 Å². The van der Waals surface area contributed by atoms with Crippen LogP contribution in [0.4, 0.5) is 9.18 Å². The van der Waals surface area contributed by atoms with Crippen molar-refractivity contribution in [3.63, 3.8) is 0 Å². The number of aromatic nitrogens is 1. The summed E-state index contributed by atoms with van der Waals surface area (Å²) in [4.78, 5) is 30.1. The van der Waals surface area contributed by atoms with Gasteiger partial charge in [-0.3, -0.25) is 4.98 Å². The molecule has 2 saturated heterocycles. The van der Waals surface area contributed by atoms with Gasteiger partial charge in [0.05, 0.1) is 5.69 Å². The molecule has 6 nitrogen and oxygen atoms in total. The van der Waals surface area contributed by atoms with E-state index in [9.17, 15) is 14.0 Å². The van der Waals surface area contributed by atoms with Crippen molar-refractivity contribution in [2.45, 2.75) is 56.3 Å². The second kappa shape index (κ2) is 7.65. The van der Waals surface area contributed by atoms with E-state index in [1.165, 1.54) is 12.1 Å². The minimum Gasteiger partial charge on any atom is -0.457 e. The first-order valence-electron chi connectivity index (χ1n) is 12.1. The Kier molecular flexibility index (Phi) is 4.80. The second-order valence-electron chi connectivity index (χ2n) is 10.0. The van der Waals surface area contributed by atoms with Crippen LogP contribution < -0.4 is 5.32 Å². The highest BCUT2D eigenvalue weighted by molar-refractivity contribution is 5.92. The van der Waals surface area contributed by atoms with Gasteiger partial charge in [-0.2, -0.15) is 0 Å². The molecule has 4 aliphatic rings. The van der Waals surface area contributed by atoms with Crippen LogP contribution in [0.3, 0.4) is 0 Å². The number of nitrogens with one attached hydrogen (secondary N) is 1. The number of halogens is 1. The van der Waals surface area contributed by atoms with Crippen LogP contribution in [0.15, 0.2) is 48.7 Å². The van der Waals surface area contributed by atoms with Gasteiger partial charge in [-0.1, -0.05) is 37.1 Å². The maximum Gasteiger partial charge on any atom is 0.409 e. The molecule has 0 spiro atoms. The van der Waals surface area contributed by atoms with Crippen molar-refractivity contribution in [3.05, 3.63) is 60.2 Å². The Morgan fingerprint density at radius 3 is 2.79 bits per heavy atom. The van der Waals surface area contributed by atoms with Gasteiger partial charge >= 0.3 is 12.1 Å². The molecule has 0 radical (unpaired) electrons. The van der Waals surface area contributed by atoms with E-state index in [4.69, 9.17) is 9.47 Å². The fourth-order valence-corrected chi connectivity index (χ4v) is 6.95. The number of carbonyl (C=O) groups is 2. The monoisotopic (exact) mass is 462 g/mol. The van der Waals surface area contributed by atoms with Crippen LogP contribution in [-0.4, -0.2) is 34.3 Å². The average molecular weight is 463 g/mol. The number of alkyl carbamates (subject to hydrolysis) is 1. The first kappa shape index (κ1) is 21.3. The summed E-state index contributed by atoms with van der Waals surface area (Å²) in [6.07, 6.45) is 9.57. The van der Waals surface area contributed by atoms with Gasteiger partial charge < -0.3 is 14.8 Å². The third-order valence-corrected chi connectivity index (χ3v) is 8.42. The third kappa shape index (κ3) is 2.95. The number of amides is 1. The van der Waals surface area contributed by atoms with Gasteiger partial charge in [0, 0.05) is 24.1 Å². The molecule has 176 valence electrons. The largest absolute Gasteiger partial charge is 0.457 e. The molecule has 0 bridgehead atoms. The van der Waals surface area contributed by atoms with E-state index in [1.54, 1.807) is 12.3 Å². The number of cyclic esters (lactones) is 1. The predicted molar refractivity (Wildman–Crippen MR) is 123 cm³/mol. The molecular weight excluding hydrogens is 435 g/mol. The maximum absolute atomic E-state index is 13.6. The zero-order chi connectivity index (χ0) is 23.5. The minimum absolute atomic E-state index is 0.121. The Balaban J connectivity index is 1.36. The van der Waals surface area contributed by atoms with E-state index in [0.29, 0.717) is 18.3 Å². The predicted octanol–water partition coefficient (Wildman–Crippen LogP) is 4.89. The van der Waals surface area contributed by atoms with Crippen LogP contribution in [0.25, 0.3) is 17.2 Å². The Morgan fingerprint density at radius 2 is 2.00 bits per heavy atom. The lowest BCUT2D eigenvalue weighted by molar-refractivity contribution is -0.159. The number of ether oxygens (including phenoxy) is 2. The molecule has 2 aliphatic heterocycles. The molecule has 4 fully saturated rings. The fourth-order valence-electron chi connectivity index (χ4n) is 6.95. The van der Waals surface area contributed by atoms with Crippen molar-refractivity contribution in [1.29, 1.82) is 0 Å². The highest BCUT2D eigenvalue weighted by Crippen LogP contribution is 2.60. The maximum atomic E-state index is 13.6. The van der Waals surface area contributed by atoms with Crippen LogP contribution >= 0.6 is 0 Å². The van der Waals surface area contributed by atoms with Gasteiger partial charge in [-0.25, -0.2) is 14.0 Å². The number of rotatable bonds is 3. The van der Waals surface area contributed by atoms with Crippen LogP contribution in [0.1, 0.15) is 44.7 Å². The molecule has 2 aromatic rings. The van der Waals surface area contributed by atoms with Gasteiger partial charge in [0.1, 0.15) is 17.5 Å². The Hall–Kier alpha value is -3.22. The summed E-state index contributed by atoms with van der Waals surface area (Å²) < 4.78 is 25.0. The number of benzene rings is 1. The van der Waals surface area contributed by atoms with Crippen molar-refractivity contribution >= 4 is 18.1 Å². The first-order chi connectivity index (χ1) is 16.4. The number of nitrogens with zero attached hydrogens (tertiary/aromatic N) is 1. The molecule has 2 aliphatic carbocycles. The van der Waals surface area contributed by atoms with Gasteiger partial charge in [0.15, 0.2) is 0 Å². The Labute approximate surface area is 197 Å². The lowest BCUT2D eigenvalue weighted by atomic mass is 9.52. The number of carbonyl (C=O) groups excluding carboxylic acids is 2. The summed E-state index contributed by atoms with van der Waals surface area (Å²) in [6.45, 7) is 1.85. The van der Waals surface area contributed by atoms with Gasteiger partial charge in [-0.15, -0.1) is 0 Å². The number of hydrogen-bond donors (Lipinski definition) is 1. The lowest BCUT2D eigenvalue weighted by Crippen LogP contribution is -2.70. The van der Waals surface area contributed by atoms with Crippen LogP contribution in [0.2, 0.25) is 0 Å². The van der Waals surface area contributed by atoms with Gasteiger partial charge in [-0.05, 0) is 61.4 Å². The fraction of sp³-hybridized carbons (Fsp3) is 0.444. The first-order valence-corrected chi connectivity index (χ1v) is 12.1. The molecule has 1 N–H and O–H groups in total. The van der Waals surface area contributed by atoms with E-state index >= 15 is 0 Å². The molecule has 1 aromatic carbocycles. The van der Waals surface area contributed by atoms with Crippen molar-refractivity contribution in [1.82, 2.24) is 10.3 Å². The summed E-state index contributed by atoms with van der Waals surface area (Å²) in [7, 11) is 0. The standard InChI is InChI=1S/C27H27FN2O4/c1-16-27-23(12-11-21-10-9-19(15-29-21)17-6-4-7-20(28)13-17)22-8-3-2-5-18(22)14-26(27,24(31)33-16)34-25(32)30-27/h4,6-7,9-13,15-16,18,22-23H,2-3,5,8,14H2,1H3,(H,30,32)/t16-,18+,22-,23+,26-,27-/m1/s1. The second-order valence-corrected chi connectivity index (χ2v) is 10.0. The SMILES string of the molecule is C[C@H]1OC(=O)[C@]23C[C@@H]4CCCC[C@H]4[C@H](C=Cc4ccc(-c5cccc(F)c5)cn4)[C@]12NC(=O)O3. The normalized spacial score (nSPS) is 36.3. The minimum atomic E-state index is -1.27. The quantitative estimate of drug-likeness (QED) is 0.658. The van der Waals surface area contributed by atoms with E-state index < -0.39 is 29.3 Å². The topological polar surface area (TPSA) is 77.5 Å². The molecule has 34 heavy (non-hydrogen) atoms. The Bertz CT molecular complexity index is 1180.